The first-order valence-electron chi connectivity index (χ1n) is 9.22. The van der Waals surface area contributed by atoms with Crippen molar-refractivity contribution in [3.05, 3.63) is 46.8 Å². The van der Waals surface area contributed by atoms with E-state index in [2.05, 4.69) is 30.4 Å². The Hall–Kier alpha value is -2.44. The van der Waals surface area contributed by atoms with Gasteiger partial charge in [0.25, 0.3) is 0 Å². The van der Waals surface area contributed by atoms with Gasteiger partial charge in [-0.15, -0.1) is 10.2 Å². The molecule has 0 saturated carbocycles. The second-order valence-electron chi connectivity index (χ2n) is 6.84. The molecule has 0 saturated heterocycles. The third-order valence-corrected chi connectivity index (χ3v) is 4.77. The Labute approximate surface area is 153 Å². The van der Waals surface area contributed by atoms with Gasteiger partial charge < -0.3 is 15.2 Å². The van der Waals surface area contributed by atoms with E-state index in [1.807, 2.05) is 19.9 Å². The number of fused-ring (bicyclic) bond motifs is 1. The number of aromatic nitrogens is 3. The zero-order valence-electron chi connectivity index (χ0n) is 15.7. The quantitative estimate of drug-likeness (QED) is 0.636. The molecule has 0 amide bonds. The molecule has 140 valence electrons. The van der Waals surface area contributed by atoms with Crippen LogP contribution in [0.2, 0.25) is 0 Å². The van der Waals surface area contributed by atoms with Gasteiger partial charge in [-0.05, 0) is 50.3 Å². The van der Waals surface area contributed by atoms with Crippen LogP contribution < -0.4 is 10.6 Å². The van der Waals surface area contributed by atoms with Crippen molar-refractivity contribution in [1.29, 1.82) is 0 Å². The fourth-order valence-corrected chi connectivity index (χ4v) is 3.25. The highest BCUT2D eigenvalue weighted by molar-refractivity contribution is 5.79. The number of hydrogen-bond acceptors (Lipinski definition) is 3. The molecule has 0 radical (unpaired) electrons. The Kier molecular flexibility index (Phi) is 5.85. The van der Waals surface area contributed by atoms with Crippen LogP contribution >= 0.6 is 0 Å². The number of benzene rings is 1. The summed E-state index contributed by atoms with van der Waals surface area (Å²) < 4.78 is 15.6. The third kappa shape index (κ3) is 4.39. The van der Waals surface area contributed by atoms with Crippen LogP contribution in [0.15, 0.2) is 23.2 Å². The van der Waals surface area contributed by atoms with E-state index in [0.717, 1.165) is 55.6 Å². The summed E-state index contributed by atoms with van der Waals surface area (Å²) in [5.41, 5.74) is 1.65. The minimum Gasteiger partial charge on any atom is -0.357 e. The molecule has 1 aliphatic rings. The molecule has 0 bridgehead atoms. The Balaban J connectivity index is 1.58. The molecule has 2 heterocycles. The number of guanidine groups is 1. The highest BCUT2D eigenvalue weighted by Crippen LogP contribution is 2.19. The average molecular weight is 358 g/mol. The summed E-state index contributed by atoms with van der Waals surface area (Å²) in [4.78, 5) is 4.63. The van der Waals surface area contributed by atoms with Gasteiger partial charge >= 0.3 is 0 Å². The van der Waals surface area contributed by atoms with Crippen molar-refractivity contribution in [2.75, 3.05) is 13.1 Å². The first-order chi connectivity index (χ1) is 12.6. The molecule has 6 nitrogen and oxygen atoms in total. The Morgan fingerprint density at radius 1 is 1.31 bits per heavy atom. The lowest BCUT2D eigenvalue weighted by Gasteiger charge is -2.25. The monoisotopic (exact) mass is 358 g/mol. The standard InChI is InChI=1S/C19H27FN6/c1-4-21-19(22-10-15-5-7-17(20)13(2)9-15)23-11-16-6-8-18-25-24-14(3)26(18)12-16/h5,7,9,16H,4,6,8,10-12H2,1-3H3,(H2,21,22,23). The van der Waals surface area contributed by atoms with Gasteiger partial charge in [0, 0.05) is 26.1 Å². The lowest BCUT2D eigenvalue weighted by Crippen LogP contribution is -2.41. The molecule has 2 N–H and O–H groups in total. The van der Waals surface area contributed by atoms with E-state index in [4.69, 9.17) is 0 Å². The van der Waals surface area contributed by atoms with Gasteiger partial charge in [0.05, 0.1) is 6.54 Å². The van der Waals surface area contributed by atoms with Gasteiger partial charge in [-0.25, -0.2) is 9.38 Å². The van der Waals surface area contributed by atoms with Gasteiger partial charge in [-0.2, -0.15) is 0 Å². The fourth-order valence-electron chi connectivity index (χ4n) is 3.25. The van der Waals surface area contributed by atoms with Gasteiger partial charge in [0.2, 0.25) is 0 Å². The largest absolute Gasteiger partial charge is 0.357 e. The van der Waals surface area contributed by atoms with Crippen LogP contribution in [0, 0.1) is 25.6 Å². The summed E-state index contributed by atoms with van der Waals surface area (Å²) in [5.74, 6) is 3.21. The highest BCUT2D eigenvalue weighted by Gasteiger charge is 2.21. The van der Waals surface area contributed by atoms with Crippen molar-refractivity contribution in [1.82, 2.24) is 25.4 Å². The van der Waals surface area contributed by atoms with Crippen LogP contribution in [-0.4, -0.2) is 33.8 Å². The van der Waals surface area contributed by atoms with Crippen LogP contribution in [0.3, 0.4) is 0 Å². The normalized spacial score (nSPS) is 17.1. The molecule has 1 atom stereocenters. The van der Waals surface area contributed by atoms with Crippen LogP contribution in [0.1, 0.15) is 36.1 Å². The maximum Gasteiger partial charge on any atom is 0.191 e. The van der Waals surface area contributed by atoms with Gasteiger partial charge in [0.15, 0.2) is 5.96 Å². The SMILES string of the molecule is CCNC(=NCc1ccc(F)c(C)c1)NCC1CCc2nnc(C)n2C1. The van der Waals surface area contributed by atoms with Crippen LogP contribution in [-0.2, 0) is 19.5 Å². The maximum atomic E-state index is 13.4. The van der Waals surface area contributed by atoms with Gasteiger partial charge in [0.1, 0.15) is 17.5 Å². The van der Waals surface area contributed by atoms with E-state index in [-0.39, 0.29) is 5.82 Å². The second kappa shape index (κ2) is 8.29. The predicted octanol–water partition coefficient (Wildman–Crippen LogP) is 2.35. The molecular formula is C19H27FN6. The fraction of sp³-hybridized carbons (Fsp3) is 0.526. The molecule has 0 spiro atoms. The molecule has 1 unspecified atom stereocenters. The third-order valence-electron chi connectivity index (χ3n) is 4.77. The van der Waals surface area contributed by atoms with Crippen molar-refractivity contribution in [2.45, 2.75) is 46.7 Å². The molecule has 1 aromatic carbocycles. The smallest absolute Gasteiger partial charge is 0.191 e. The Bertz CT molecular complexity index is 782. The van der Waals surface area contributed by atoms with E-state index in [1.54, 1.807) is 13.0 Å². The topological polar surface area (TPSA) is 67.1 Å². The Morgan fingerprint density at radius 3 is 2.92 bits per heavy atom. The summed E-state index contributed by atoms with van der Waals surface area (Å²) in [7, 11) is 0. The number of nitrogens with zero attached hydrogens (tertiary/aromatic N) is 4. The number of aryl methyl sites for hydroxylation is 3. The molecule has 0 aliphatic carbocycles. The summed E-state index contributed by atoms with van der Waals surface area (Å²) in [5, 5.41) is 15.1. The number of halogens is 1. The van der Waals surface area contributed by atoms with Crippen molar-refractivity contribution in [2.24, 2.45) is 10.9 Å². The van der Waals surface area contributed by atoms with Crippen LogP contribution in [0.5, 0.6) is 0 Å². The molecule has 3 rings (SSSR count). The van der Waals surface area contributed by atoms with Gasteiger partial charge in [-0.3, -0.25) is 0 Å². The predicted molar refractivity (Wildman–Crippen MR) is 101 cm³/mol. The van der Waals surface area contributed by atoms with Crippen LogP contribution in [0.4, 0.5) is 4.39 Å². The lowest BCUT2D eigenvalue weighted by atomic mass is 9.99. The number of hydrogen-bond donors (Lipinski definition) is 2. The summed E-state index contributed by atoms with van der Waals surface area (Å²) >= 11 is 0. The first-order valence-corrected chi connectivity index (χ1v) is 9.22. The molecule has 26 heavy (non-hydrogen) atoms. The van der Waals surface area contributed by atoms with Crippen LogP contribution in [0.25, 0.3) is 0 Å². The zero-order valence-corrected chi connectivity index (χ0v) is 15.7. The molecular weight excluding hydrogens is 331 g/mol. The van der Waals surface area contributed by atoms with E-state index in [1.165, 1.54) is 6.07 Å². The highest BCUT2D eigenvalue weighted by atomic mass is 19.1. The number of aliphatic imine (C=N–C) groups is 1. The van der Waals surface area contributed by atoms with Crippen molar-refractivity contribution >= 4 is 5.96 Å². The maximum absolute atomic E-state index is 13.4. The number of rotatable bonds is 5. The average Bonchev–Trinajstić information content (AvgIpc) is 3.01. The van der Waals surface area contributed by atoms with E-state index >= 15 is 0 Å². The molecule has 1 aromatic heterocycles. The van der Waals surface area contributed by atoms with Gasteiger partial charge in [-0.1, -0.05) is 12.1 Å². The summed E-state index contributed by atoms with van der Waals surface area (Å²) in [6, 6.07) is 5.13. The Morgan fingerprint density at radius 2 is 2.15 bits per heavy atom. The van der Waals surface area contributed by atoms with E-state index < -0.39 is 0 Å². The van der Waals surface area contributed by atoms with Crippen molar-refractivity contribution < 1.29 is 4.39 Å². The van der Waals surface area contributed by atoms with E-state index in [0.29, 0.717) is 18.0 Å². The first kappa shape index (κ1) is 18.4. The lowest BCUT2D eigenvalue weighted by molar-refractivity contribution is 0.358. The molecule has 1 aliphatic heterocycles. The zero-order chi connectivity index (χ0) is 18.5. The summed E-state index contributed by atoms with van der Waals surface area (Å²) in [6.07, 6.45) is 2.07. The second-order valence-corrected chi connectivity index (χ2v) is 6.84. The molecule has 7 heteroatoms. The van der Waals surface area contributed by atoms with Crippen molar-refractivity contribution in [3.63, 3.8) is 0 Å². The summed E-state index contributed by atoms with van der Waals surface area (Å²) in [6.45, 7) is 8.94. The van der Waals surface area contributed by atoms with Crippen molar-refractivity contribution in [3.8, 4) is 0 Å². The van der Waals surface area contributed by atoms with E-state index in [9.17, 15) is 4.39 Å². The molecule has 0 fully saturated rings. The minimum absolute atomic E-state index is 0.177. The molecule has 2 aromatic rings. The minimum atomic E-state index is -0.177. The number of nitrogens with one attached hydrogen (secondary N) is 2.